The van der Waals surface area contributed by atoms with E-state index in [1.54, 1.807) is 18.2 Å². The van der Waals surface area contributed by atoms with Crippen molar-refractivity contribution in [1.29, 1.82) is 0 Å². The Morgan fingerprint density at radius 2 is 1.67 bits per heavy atom. The molecule has 0 saturated carbocycles. The maximum Gasteiger partial charge on any atom is 0.273 e. The summed E-state index contributed by atoms with van der Waals surface area (Å²) in [5, 5.41) is 8.22. The van der Waals surface area contributed by atoms with Gasteiger partial charge in [-0.3, -0.25) is 9.69 Å². The maximum absolute atomic E-state index is 12.7. The summed E-state index contributed by atoms with van der Waals surface area (Å²) < 4.78 is 10.8. The first-order valence-electron chi connectivity index (χ1n) is 9.68. The van der Waals surface area contributed by atoms with Crippen LogP contribution in [0, 0.1) is 0 Å². The molecule has 1 aliphatic rings. The van der Waals surface area contributed by atoms with Crippen molar-refractivity contribution in [2.24, 2.45) is 0 Å². The third-order valence-electron chi connectivity index (χ3n) is 5.07. The zero-order valence-corrected chi connectivity index (χ0v) is 17.7. The maximum atomic E-state index is 12.7. The molecule has 8 heteroatoms. The van der Waals surface area contributed by atoms with Gasteiger partial charge in [0.1, 0.15) is 0 Å². The normalized spacial score (nSPS) is 15.7. The highest BCUT2D eigenvalue weighted by Crippen LogP contribution is 2.24. The van der Waals surface area contributed by atoms with Gasteiger partial charge in [0.05, 0.1) is 19.3 Å². The average Bonchev–Trinajstić information content (AvgIpc) is 3.27. The number of nitrogens with one attached hydrogen (secondary N) is 1. The van der Waals surface area contributed by atoms with Gasteiger partial charge in [0.2, 0.25) is 0 Å². The lowest BCUT2D eigenvalue weighted by Gasteiger charge is -2.34. The molecule has 0 radical (unpaired) electrons. The van der Waals surface area contributed by atoms with Crippen molar-refractivity contribution in [1.82, 2.24) is 15.4 Å². The molecule has 1 amide bonds. The highest BCUT2D eigenvalue weighted by Gasteiger charge is 2.24. The minimum Gasteiger partial charge on any atom is -0.379 e. The molecule has 1 fully saturated rings. The second-order valence-corrected chi connectivity index (χ2v) is 7.88. The highest BCUT2D eigenvalue weighted by atomic mass is 35.5. The van der Waals surface area contributed by atoms with Gasteiger partial charge in [-0.1, -0.05) is 40.5 Å². The second-order valence-electron chi connectivity index (χ2n) is 7.01. The number of hydrogen-bond acceptors (Lipinski definition) is 5. The molecular weight excluding hydrogens is 425 g/mol. The number of amides is 1. The number of hydrogen-bond donors (Lipinski definition) is 1. The van der Waals surface area contributed by atoms with Crippen LogP contribution < -0.4 is 5.32 Å². The summed E-state index contributed by atoms with van der Waals surface area (Å²) in [5.74, 6) is 0.227. The Hall–Kier alpha value is -2.38. The Morgan fingerprint density at radius 3 is 2.33 bits per heavy atom. The van der Waals surface area contributed by atoms with Gasteiger partial charge in [0.15, 0.2) is 11.5 Å². The molecule has 156 valence electrons. The fourth-order valence-electron chi connectivity index (χ4n) is 3.44. The number of morpholine rings is 1. The summed E-state index contributed by atoms with van der Waals surface area (Å²) in [5.41, 5.74) is 2.12. The average molecular weight is 446 g/mol. The number of nitrogens with zero attached hydrogens (tertiary/aromatic N) is 2. The van der Waals surface area contributed by atoms with Crippen LogP contribution in [0.5, 0.6) is 0 Å². The summed E-state index contributed by atoms with van der Waals surface area (Å²) in [7, 11) is 0. The number of carbonyl (C=O) groups is 1. The molecule has 2 aromatic carbocycles. The molecule has 30 heavy (non-hydrogen) atoms. The van der Waals surface area contributed by atoms with Gasteiger partial charge in [-0.2, -0.15) is 0 Å². The van der Waals surface area contributed by atoms with Crippen LogP contribution in [0.2, 0.25) is 10.0 Å². The molecule has 0 aliphatic carbocycles. The van der Waals surface area contributed by atoms with Crippen molar-refractivity contribution >= 4 is 29.1 Å². The zero-order valence-electron chi connectivity index (χ0n) is 16.2. The molecule has 1 atom stereocenters. The Morgan fingerprint density at radius 1 is 1.03 bits per heavy atom. The molecule has 0 unspecified atom stereocenters. The summed E-state index contributed by atoms with van der Waals surface area (Å²) in [6, 6.07) is 16.5. The predicted molar refractivity (Wildman–Crippen MR) is 116 cm³/mol. The van der Waals surface area contributed by atoms with Crippen molar-refractivity contribution < 1.29 is 14.1 Å². The van der Waals surface area contributed by atoms with E-state index in [2.05, 4.69) is 15.4 Å². The molecule has 1 aromatic heterocycles. The number of benzene rings is 2. The molecule has 4 rings (SSSR count). The van der Waals surface area contributed by atoms with Crippen LogP contribution in [0.25, 0.3) is 11.3 Å². The minimum absolute atomic E-state index is 0.0118. The lowest BCUT2D eigenvalue weighted by Crippen LogP contribution is -2.43. The van der Waals surface area contributed by atoms with Crippen molar-refractivity contribution in [3.8, 4) is 11.3 Å². The highest BCUT2D eigenvalue weighted by molar-refractivity contribution is 6.30. The third-order valence-corrected chi connectivity index (χ3v) is 5.57. The van der Waals surface area contributed by atoms with Crippen LogP contribution in [-0.2, 0) is 4.74 Å². The SMILES string of the molecule is O=C(NC[C@H](c1ccc(Cl)cc1)N1CCOCC1)c1cc(-c2ccc(Cl)cc2)on1. The lowest BCUT2D eigenvalue weighted by molar-refractivity contribution is 0.0162. The first-order chi connectivity index (χ1) is 14.6. The molecular formula is C22H21Cl2N3O3. The van der Waals surface area contributed by atoms with Gasteiger partial charge in [-0.05, 0) is 42.0 Å². The van der Waals surface area contributed by atoms with Crippen LogP contribution in [0.4, 0.5) is 0 Å². The van der Waals surface area contributed by atoms with E-state index >= 15 is 0 Å². The standard InChI is InChI=1S/C22H21Cl2N3O3/c23-17-5-1-15(2-6-17)20(27-9-11-29-12-10-27)14-25-22(28)19-13-21(30-26-19)16-3-7-18(24)8-4-16/h1-8,13,20H,9-12,14H2,(H,25,28)/t20-/m1/s1. The predicted octanol–water partition coefficient (Wildman–Crippen LogP) is 4.45. The van der Waals surface area contributed by atoms with Crippen LogP contribution in [-0.4, -0.2) is 48.8 Å². The molecule has 0 spiro atoms. The fraction of sp³-hybridized carbons (Fsp3) is 0.273. The molecule has 1 saturated heterocycles. The van der Waals surface area contributed by atoms with Gasteiger partial charge in [-0.25, -0.2) is 0 Å². The number of ether oxygens (including phenoxy) is 1. The first kappa shape index (κ1) is 20.9. The van der Waals surface area contributed by atoms with E-state index in [1.807, 2.05) is 36.4 Å². The topological polar surface area (TPSA) is 67.6 Å². The number of aromatic nitrogens is 1. The van der Waals surface area contributed by atoms with Crippen molar-refractivity contribution in [3.05, 3.63) is 75.9 Å². The quantitative estimate of drug-likeness (QED) is 0.606. The summed E-state index contributed by atoms with van der Waals surface area (Å²) in [6.07, 6.45) is 0. The molecule has 6 nitrogen and oxygen atoms in total. The summed E-state index contributed by atoms with van der Waals surface area (Å²) >= 11 is 12.0. The van der Waals surface area contributed by atoms with Gasteiger partial charge < -0.3 is 14.6 Å². The molecule has 0 bridgehead atoms. The third kappa shape index (κ3) is 5.02. The van der Waals surface area contributed by atoms with E-state index in [1.165, 1.54) is 0 Å². The van der Waals surface area contributed by atoms with Crippen molar-refractivity contribution in [2.45, 2.75) is 6.04 Å². The number of rotatable bonds is 6. The van der Waals surface area contributed by atoms with Crippen LogP contribution in [0.15, 0.2) is 59.1 Å². The van der Waals surface area contributed by atoms with Crippen molar-refractivity contribution in [2.75, 3.05) is 32.8 Å². The smallest absolute Gasteiger partial charge is 0.273 e. The van der Waals surface area contributed by atoms with E-state index in [9.17, 15) is 4.79 Å². The molecule has 3 aromatic rings. The zero-order chi connectivity index (χ0) is 20.9. The number of halogens is 2. The molecule has 1 aliphatic heterocycles. The number of carbonyl (C=O) groups excluding carboxylic acids is 1. The van der Waals surface area contributed by atoms with Gasteiger partial charge in [0.25, 0.3) is 5.91 Å². The van der Waals surface area contributed by atoms with Crippen molar-refractivity contribution in [3.63, 3.8) is 0 Å². The van der Waals surface area contributed by atoms with Crippen LogP contribution in [0.1, 0.15) is 22.1 Å². The fourth-order valence-corrected chi connectivity index (χ4v) is 3.70. The molecule has 2 heterocycles. The Kier molecular flexibility index (Phi) is 6.69. The van der Waals surface area contributed by atoms with E-state index in [-0.39, 0.29) is 17.6 Å². The largest absolute Gasteiger partial charge is 0.379 e. The van der Waals surface area contributed by atoms with Crippen LogP contribution in [0.3, 0.4) is 0 Å². The van der Waals surface area contributed by atoms with E-state index in [0.717, 1.165) is 24.2 Å². The van der Waals surface area contributed by atoms with E-state index in [4.69, 9.17) is 32.5 Å². The van der Waals surface area contributed by atoms with E-state index < -0.39 is 0 Å². The first-order valence-corrected chi connectivity index (χ1v) is 10.4. The van der Waals surface area contributed by atoms with Crippen LogP contribution >= 0.6 is 23.2 Å². The van der Waals surface area contributed by atoms with E-state index in [0.29, 0.717) is 35.6 Å². The lowest BCUT2D eigenvalue weighted by atomic mass is 10.0. The van der Waals surface area contributed by atoms with Gasteiger partial charge >= 0.3 is 0 Å². The Labute approximate surface area is 184 Å². The summed E-state index contributed by atoms with van der Waals surface area (Å²) in [6.45, 7) is 3.38. The second kappa shape index (κ2) is 9.62. The Bertz CT molecular complexity index is 984. The van der Waals surface area contributed by atoms with Gasteiger partial charge in [-0.15, -0.1) is 0 Å². The Balaban J connectivity index is 1.45. The minimum atomic E-state index is -0.286. The summed E-state index contributed by atoms with van der Waals surface area (Å²) in [4.78, 5) is 15.0. The monoisotopic (exact) mass is 445 g/mol. The van der Waals surface area contributed by atoms with Gasteiger partial charge in [0, 0.05) is 41.3 Å². The molecule has 1 N–H and O–H groups in total.